The number of imide groups is 1. The highest BCUT2D eigenvalue weighted by Gasteiger charge is 2.50. The lowest BCUT2D eigenvalue weighted by atomic mass is 9.89. The van der Waals surface area contributed by atoms with E-state index in [1.807, 2.05) is 0 Å². The van der Waals surface area contributed by atoms with E-state index in [1.54, 1.807) is 0 Å². The molecule has 10 heteroatoms. The van der Waals surface area contributed by atoms with E-state index >= 15 is 0 Å². The first-order valence-electron chi connectivity index (χ1n) is 6.04. The molecule has 3 amide bonds. The summed E-state index contributed by atoms with van der Waals surface area (Å²) in [6.45, 7) is 1.09. The molecule has 0 aromatic carbocycles. The van der Waals surface area contributed by atoms with Crippen molar-refractivity contribution in [3.63, 3.8) is 0 Å². The molecule has 2 fully saturated rings. The second-order valence-electron chi connectivity index (χ2n) is 4.91. The Kier molecular flexibility index (Phi) is 3.46. The molecule has 0 saturated carbocycles. The lowest BCUT2D eigenvalue weighted by molar-refractivity contribution is -0.136. The van der Waals surface area contributed by atoms with Crippen molar-refractivity contribution in [2.24, 2.45) is 0 Å². The molecular weight excluding hydrogens is 290 g/mol. The van der Waals surface area contributed by atoms with E-state index in [0.717, 1.165) is 11.2 Å². The molecule has 0 bridgehead atoms. The second kappa shape index (κ2) is 4.70. The Morgan fingerprint density at radius 3 is 2.30 bits per heavy atom. The molecule has 2 aliphatic rings. The Morgan fingerprint density at radius 1 is 1.35 bits per heavy atom. The Bertz CT molecular complexity index is 564. The lowest BCUT2D eigenvalue weighted by Crippen LogP contribution is -2.57. The highest BCUT2D eigenvalue weighted by atomic mass is 32.2. The number of hydrogen-bond acceptors (Lipinski definition) is 5. The monoisotopic (exact) mass is 305 g/mol. The van der Waals surface area contributed by atoms with E-state index in [4.69, 9.17) is 5.11 Å². The molecule has 1 atom stereocenters. The van der Waals surface area contributed by atoms with Crippen LogP contribution in [0, 0.1) is 0 Å². The van der Waals surface area contributed by atoms with Gasteiger partial charge in [0.05, 0.1) is 0 Å². The van der Waals surface area contributed by atoms with Crippen LogP contribution in [-0.2, 0) is 19.6 Å². The van der Waals surface area contributed by atoms with Crippen LogP contribution < -0.4 is 10.6 Å². The fraction of sp³-hybridized carbons (Fsp3) is 0.700. The van der Waals surface area contributed by atoms with Crippen molar-refractivity contribution in [3.05, 3.63) is 0 Å². The van der Waals surface area contributed by atoms with Crippen LogP contribution in [0.15, 0.2) is 0 Å². The van der Waals surface area contributed by atoms with Gasteiger partial charge in [0.2, 0.25) is 10.0 Å². The number of urea groups is 1. The molecule has 1 spiro atoms. The number of hydrogen-bond donors (Lipinski definition) is 3. The summed E-state index contributed by atoms with van der Waals surface area (Å²) in [4.78, 5) is 33.7. The number of sulfonamides is 1. The zero-order valence-corrected chi connectivity index (χ0v) is 11.6. The van der Waals surface area contributed by atoms with Crippen LogP contribution in [0.25, 0.3) is 0 Å². The molecule has 20 heavy (non-hydrogen) atoms. The fourth-order valence-corrected chi connectivity index (χ4v) is 3.75. The third-order valence-electron chi connectivity index (χ3n) is 3.74. The van der Waals surface area contributed by atoms with Gasteiger partial charge in [-0.05, 0) is 19.8 Å². The first-order chi connectivity index (χ1) is 9.19. The number of carboxylic acids is 1. The van der Waals surface area contributed by atoms with Crippen molar-refractivity contribution in [1.29, 1.82) is 0 Å². The summed E-state index contributed by atoms with van der Waals surface area (Å²) in [5, 5.41) is 11.9. The SMILES string of the molecule is CC(C(=O)O)S(=O)(=O)N1CCC2(CC1)NC(=O)NC2=O. The molecule has 112 valence electrons. The molecule has 2 rings (SSSR count). The molecule has 0 aliphatic carbocycles. The van der Waals surface area contributed by atoms with Gasteiger partial charge in [-0.1, -0.05) is 0 Å². The third kappa shape index (κ3) is 2.24. The number of carboxylic acid groups (broad SMARTS) is 1. The van der Waals surface area contributed by atoms with Crippen molar-refractivity contribution in [2.75, 3.05) is 13.1 Å². The first-order valence-corrected chi connectivity index (χ1v) is 7.55. The number of piperidine rings is 1. The van der Waals surface area contributed by atoms with E-state index in [2.05, 4.69) is 10.6 Å². The minimum absolute atomic E-state index is 0.00630. The fourth-order valence-electron chi connectivity index (χ4n) is 2.35. The summed E-state index contributed by atoms with van der Waals surface area (Å²) >= 11 is 0. The predicted octanol–water partition coefficient (Wildman–Crippen LogP) is -1.54. The number of nitrogens with zero attached hydrogens (tertiary/aromatic N) is 1. The Balaban J connectivity index is 2.10. The van der Waals surface area contributed by atoms with Gasteiger partial charge in [-0.15, -0.1) is 0 Å². The quantitative estimate of drug-likeness (QED) is 0.541. The minimum Gasteiger partial charge on any atom is -0.480 e. The maximum atomic E-state index is 12.0. The van der Waals surface area contributed by atoms with E-state index in [-0.39, 0.29) is 25.9 Å². The Hall–Kier alpha value is -1.68. The molecular formula is C10H15N3O6S. The Labute approximate surface area is 115 Å². The minimum atomic E-state index is -3.95. The van der Waals surface area contributed by atoms with E-state index in [0.29, 0.717) is 0 Å². The second-order valence-corrected chi connectivity index (χ2v) is 7.17. The van der Waals surface area contributed by atoms with Crippen LogP contribution >= 0.6 is 0 Å². The van der Waals surface area contributed by atoms with Gasteiger partial charge in [-0.3, -0.25) is 14.9 Å². The number of aliphatic carboxylic acids is 1. The summed E-state index contributed by atoms with van der Waals surface area (Å²) in [7, 11) is -3.95. The summed E-state index contributed by atoms with van der Waals surface area (Å²) < 4.78 is 25.1. The molecule has 2 aliphatic heterocycles. The topological polar surface area (TPSA) is 133 Å². The van der Waals surface area contributed by atoms with Crippen LogP contribution in [0.2, 0.25) is 0 Å². The van der Waals surface area contributed by atoms with Gasteiger partial charge in [0, 0.05) is 13.1 Å². The molecule has 3 N–H and O–H groups in total. The molecule has 1 unspecified atom stereocenters. The molecule has 0 aromatic rings. The van der Waals surface area contributed by atoms with Crippen molar-refractivity contribution in [1.82, 2.24) is 14.9 Å². The predicted molar refractivity (Wildman–Crippen MR) is 66.2 cm³/mol. The van der Waals surface area contributed by atoms with E-state index in [1.165, 1.54) is 0 Å². The summed E-state index contributed by atoms with van der Waals surface area (Å²) in [5.74, 6) is -1.89. The van der Waals surface area contributed by atoms with Crippen LogP contribution in [-0.4, -0.2) is 59.6 Å². The van der Waals surface area contributed by atoms with Crippen LogP contribution in [0.5, 0.6) is 0 Å². The average molecular weight is 305 g/mol. The maximum absolute atomic E-state index is 12.0. The van der Waals surface area contributed by atoms with Gasteiger partial charge >= 0.3 is 12.0 Å². The smallest absolute Gasteiger partial charge is 0.323 e. The number of nitrogens with one attached hydrogen (secondary N) is 2. The van der Waals surface area contributed by atoms with Gasteiger partial charge in [0.15, 0.2) is 5.25 Å². The summed E-state index contributed by atoms with van der Waals surface area (Å²) in [5.41, 5.74) is -1.07. The van der Waals surface area contributed by atoms with Crippen LogP contribution in [0.1, 0.15) is 19.8 Å². The van der Waals surface area contributed by atoms with Gasteiger partial charge in [-0.2, -0.15) is 0 Å². The van der Waals surface area contributed by atoms with Crippen LogP contribution in [0.4, 0.5) is 4.79 Å². The highest BCUT2D eigenvalue weighted by Crippen LogP contribution is 2.27. The summed E-state index contributed by atoms with van der Waals surface area (Å²) in [6, 6.07) is -0.592. The van der Waals surface area contributed by atoms with Crippen LogP contribution in [0.3, 0.4) is 0 Å². The molecule has 0 radical (unpaired) electrons. The van der Waals surface area contributed by atoms with Crippen molar-refractivity contribution < 1.29 is 27.9 Å². The van der Waals surface area contributed by atoms with Gasteiger partial charge < -0.3 is 10.4 Å². The number of rotatable bonds is 3. The zero-order chi connectivity index (χ0) is 15.1. The maximum Gasteiger partial charge on any atom is 0.323 e. The van der Waals surface area contributed by atoms with Crippen molar-refractivity contribution >= 4 is 27.9 Å². The molecule has 0 aromatic heterocycles. The highest BCUT2D eigenvalue weighted by molar-refractivity contribution is 7.90. The average Bonchev–Trinajstić information content (AvgIpc) is 2.63. The molecule has 9 nitrogen and oxygen atoms in total. The zero-order valence-electron chi connectivity index (χ0n) is 10.7. The van der Waals surface area contributed by atoms with Gasteiger partial charge in [-0.25, -0.2) is 17.5 Å². The molecule has 2 saturated heterocycles. The number of amides is 3. The number of carbonyl (C=O) groups is 3. The lowest BCUT2D eigenvalue weighted by Gasteiger charge is -2.36. The van der Waals surface area contributed by atoms with Crippen molar-refractivity contribution in [2.45, 2.75) is 30.6 Å². The van der Waals surface area contributed by atoms with E-state index < -0.39 is 38.7 Å². The van der Waals surface area contributed by atoms with Gasteiger partial charge in [0.1, 0.15) is 5.54 Å². The van der Waals surface area contributed by atoms with E-state index in [9.17, 15) is 22.8 Å². The normalized spacial score (nSPS) is 24.2. The third-order valence-corrected chi connectivity index (χ3v) is 5.93. The summed E-state index contributed by atoms with van der Waals surface area (Å²) in [6.07, 6.45) is 0.242. The Morgan fingerprint density at radius 2 is 1.90 bits per heavy atom. The van der Waals surface area contributed by atoms with Gasteiger partial charge in [0.25, 0.3) is 5.91 Å². The standard InChI is InChI=1S/C10H15N3O6S/c1-6(7(14)15)20(18,19)13-4-2-10(3-5-13)8(16)11-9(17)12-10/h6H,2-5H2,1H3,(H,14,15)(H2,11,12,16,17). The largest absolute Gasteiger partial charge is 0.480 e. The first kappa shape index (κ1) is 14.7. The number of carbonyl (C=O) groups excluding carboxylic acids is 2. The van der Waals surface area contributed by atoms with Crippen molar-refractivity contribution in [3.8, 4) is 0 Å². The molecule has 2 heterocycles.